The van der Waals surface area contributed by atoms with Crippen molar-refractivity contribution in [3.63, 3.8) is 0 Å². The molecule has 2 unspecified atom stereocenters. The Bertz CT molecular complexity index is 785. The highest BCUT2D eigenvalue weighted by molar-refractivity contribution is 8.01. The van der Waals surface area contributed by atoms with E-state index in [-0.39, 0.29) is 28.5 Å². The summed E-state index contributed by atoms with van der Waals surface area (Å²) >= 11 is 1.79. The van der Waals surface area contributed by atoms with Gasteiger partial charge in [-0.1, -0.05) is 81.4 Å². The van der Waals surface area contributed by atoms with Crippen LogP contribution in [0.5, 0.6) is 0 Å². The summed E-state index contributed by atoms with van der Waals surface area (Å²) in [6.45, 7) is 11.1. The second kappa shape index (κ2) is 8.90. The van der Waals surface area contributed by atoms with Gasteiger partial charge in [0, 0.05) is 15.4 Å². The Morgan fingerprint density at radius 2 is 1.50 bits per heavy atom. The van der Waals surface area contributed by atoms with Crippen LogP contribution in [-0.4, -0.2) is 40.9 Å². The second-order valence-electron chi connectivity index (χ2n) is 9.11. The van der Waals surface area contributed by atoms with Crippen molar-refractivity contribution in [1.82, 2.24) is 0 Å². The third kappa shape index (κ3) is 5.27. The van der Waals surface area contributed by atoms with Gasteiger partial charge in [0.25, 0.3) is 0 Å². The van der Waals surface area contributed by atoms with Crippen molar-refractivity contribution < 1.29 is 18.7 Å². The zero-order valence-corrected chi connectivity index (χ0v) is 20.0. The lowest BCUT2D eigenvalue weighted by molar-refractivity contribution is -0.150. The molecule has 2 aliphatic rings. The molecule has 4 nitrogen and oxygen atoms in total. The minimum absolute atomic E-state index is 0.0380. The fourth-order valence-electron chi connectivity index (χ4n) is 3.79. The largest absolute Gasteiger partial charge is 0.362 e. The summed E-state index contributed by atoms with van der Waals surface area (Å²) in [6, 6.07) is 20.9. The molecule has 4 rings (SSSR count). The summed E-state index contributed by atoms with van der Waals surface area (Å²) in [5.74, 6) is -0.635. The van der Waals surface area contributed by atoms with Crippen LogP contribution in [0.4, 0.5) is 0 Å². The van der Waals surface area contributed by atoms with E-state index in [0.29, 0.717) is 6.61 Å². The van der Waals surface area contributed by atoms with Gasteiger partial charge in [-0.25, -0.2) is 0 Å². The Hall–Kier alpha value is -0.940. The zero-order chi connectivity index (χ0) is 21.4. The van der Waals surface area contributed by atoms with E-state index < -0.39 is 13.9 Å². The molecular weight excluding hydrogens is 415 g/mol. The first kappa shape index (κ1) is 22.3. The van der Waals surface area contributed by atoms with Gasteiger partial charge < -0.3 is 18.7 Å². The number of fused-ring (bicyclic) bond motifs is 1. The van der Waals surface area contributed by atoms with Crippen molar-refractivity contribution in [2.45, 2.75) is 68.9 Å². The number of benzene rings is 2. The zero-order valence-electron chi connectivity index (χ0n) is 18.3. The molecule has 2 saturated heterocycles. The highest BCUT2D eigenvalue weighted by Gasteiger charge is 2.53. The maximum Gasteiger partial charge on any atom is 0.164 e. The summed E-state index contributed by atoms with van der Waals surface area (Å²) < 4.78 is 25.7. The number of thioether (sulfide) groups is 1. The van der Waals surface area contributed by atoms with Crippen molar-refractivity contribution in [2.24, 2.45) is 0 Å². The standard InChI is InChI=1S/C24H31O4PS/c1-23(2,3)30-22-21(20-19(16-25-22)26-24(4,5)27-20)28-29(17-12-8-6-9-13-17)18-14-10-7-11-15-18/h6-15,19-22H,16H2,1-5H3/t19?,20?,21-,22+/m0/s1. The van der Waals surface area contributed by atoms with Crippen molar-refractivity contribution >= 4 is 30.5 Å². The Labute approximate surface area is 185 Å². The van der Waals surface area contributed by atoms with E-state index in [2.05, 4.69) is 69.3 Å². The van der Waals surface area contributed by atoms with Gasteiger partial charge in [-0.3, -0.25) is 0 Å². The van der Waals surface area contributed by atoms with Crippen molar-refractivity contribution in [3.05, 3.63) is 60.7 Å². The lowest BCUT2D eigenvalue weighted by Gasteiger charge is -2.41. The molecule has 0 saturated carbocycles. The van der Waals surface area contributed by atoms with Crippen LogP contribution in [0.3, 0.4) is 0 Å². The van der Waals surface area contributed by atoms with Crippen molar-refractivity contribution in [1.29, 1.82) is 0 Å². The fourth-order valence-corrected chi connectivity index (χ4v) is 6.96. The minimum Gasteiger partial charge on any atom is -0.362 e. The monoisotopic (exact) mass is 446 g/mol. The Balaban J connectivity index is 1.68. The van der Waals surface area contributed by atoms with E-state index in [4.69, 9.17) is 18.7 Å². The number of ether oxygens (including phenoxy) is 3. The average molecular weight is 447 g/mol. The molecule has 30 heavy (non-hydrogen) atoms. The van der Waals surface area contributed by atoms with Gasteiger partial charge in [0.1, 0.15) is 23.7 Å². The van der Waals surface area contributed by atoms with Crippen molar-refractivity contribution in [3.8, 4) is 0 Å². The molecule has 2 heterocycles. The van der Waals surface area contributed by atoms with E-state index in [1.165, 1.54) is 10.6 Å². The number of rotatable bonds is 5. The van der Waals surface area contributed by atoms with Crippen LogP contribution in [0, 0.1) is 0 Å². The predicted octanol–water partition coefficient (Wildman–Crippen LogP) is 4.83. The van der Waals surface area contributed by atoms with Gasteiger partial charge in [-0.2, -0.15) is 0 Å². The summed E-state index contributed by atoms with van der Waals surface area (Å²) in [5, 5.41) is 2.36. The molecule has 4 atom stereocenters. The average Bonchev–Trinajstić information content (AvgIpc) is 3.02. The topological polar surface area (TPSA) is 36.9 Å². The van der Waals surface area contributed by atoms with Crippen LogP contribution in [0.1, 0.15) is 34.6 Å². The van der Waals surface area contributed by atoms with Crippen LogP contribution in [0.25, 0.3) is 0 Å². The highest BCUT2D eigenvalue weighted by Crippen LogP contribution is 2.47. The SMILES string of the molecule is CC1(C)OC2CO[C@H](SC(C)(C)C)[C@@H](OP(c3ccccc3)c3ccccc3)C2O1. The molecule has 2 aromatic carbocycles. The van der Waals surface area contributed by atoms with Crippen LogP contribution in [0.15, 0.2) is 60.7 Å². The van der Waals surface area contributed by atoms with Gasteiger partial charge in [-0.15, -0.1) is 11.8 Å². The Morgan fingerprint density at radius 1 is 0.933 bits per heavy atom. The van der Waals surface area contributed by atoms with Gasteiger partial charge >= 0.3 is 0 Å². The summed E-state index contributed by atoms with van der Waals surface area (Å²) in [7, 11) is -1.03. The lowest BCUT2D eigenvalue weighted by atomic mass is 10.1. The molecule has 2 aromatic rings. The van der Waals surface area contributed by atoms with Crippen LogP contribution in [-0.2, 0) is 18.7 Å². The molecule has 6 heteroatoms. The molecule has 0 amide bonds. The molecule has 0 bridgehead atoms. The normalized spacial score (nSPS) is 28.5. The van der Waals surface area contributed by atoms with E-state index in [9.17, 15) is 0 Å². The first-order valence-electron chi connectivity index (χ1n) is 10.4. The molecule has 2 aliphatic heterocycles. The van der Waals surface area contributed by atoms with E-state index in [1.54, 1.807) is 11.8 Å². The van der Waals surface area contributed by atoms with E-state index in [0.717, 1.165) is 0 Å². The van der Waals surface area contributed by atoms with E-state index >= 15 is 0 Å². The third-order valence-electron chi connectivity index (χ3n) is 4.92. The molecule has 0 spiro atoms. The first-order chi connectivity index (χ1) is 14.2. The van der Waals surface area contributed by atoms with E-state index in [1.807, 2.05) is 26.0 Å². The minimum atomic E-state index is -1.03. The predicted molar refractivity (Wildman–Crippen MR) is 125 cm³/mol. The Morgan fingerprint density at radius 3 is 2.03 bits per heavy atom. The number of hydrogen-bond acceptors (Lipinski definition) is 5. The smallest absolute Gasteiger partial charge is 0.164 e. The third-order valence-corrected chi connectivity index (χ3v) is 8.25. The summed E-state index contributed by atoms with van der Waals surface area (Å²) in [6.07, 6.45) is -0.516. The molecular formula is C24H31O4PS. The highest BCUT2D eigenvalue weighted by atomic mass is 32.2. The fraction of sp³-hybridized carbons (Fsp3) is 0.500. The van der Waals surface area contributed by atoms with Gasteiger partial charge in [0.15, 0.2) is 5.79 Å². The molecule has 0 radical (unpaired) electrons. The summed E-state index contributed by atoms with van der Waals surface area (Å²) in [5.41, 5.74) is -0.124. The van der Waals surface area contributed by atoms with Gasteiger partial charge in [-0.05, 0) is 13.8 Å². The Kier molecular flexibility index (Phi) is 6.60. The lowest BCUT2D eigenvalue weighted by Crippen LogP contribution is -2.52. The quantitative estimate of drug-likeness (QED) is 0.615. The van der Waals surface area contributed by atoms with Crippen LogP contribution in [0.2, 0.25) is 0 Å². The second-order valence-corrected chi connectivity index (χ2v) is 12.9. The number of hydrogen-bond donors (Lipinski definition) is 0. The molecule has 0 aromatic heterocycles. The molecule has 0 aliphatic carbocycles. The molecule has 162 valence electrons. The van der Waals surface area contributed by atoms with Gasteiger partial charge in [0.05, 0.1) is 14.8 Å². The first-order valence-corrected chi connectivity index (χ1v) is 12.6. The molecule has 2 fully saturated rings. The van der Waals surface area contributed by atoms with Crippen molar-refractivity contribution in [2.75, 3.05) is 6.61 Å². The summed E-state index contributed by atoms with van der Waals surface area (Å²) in [4.78, 5) is 0. The van der Waals surface area contributed by atoms with Gasteiger partial charge in [0.2, 0.25) is 0 Å². The molecule has 0 N–H and O–H groups in total. The maximum absolute atomic E-state index is 6.94. The van der Waals surface area contributed by atoms with Crippen LogP contribution >= 0.6 is 19.9 Å². The van der Waals surface area contributed by atoms with Crippen LogP contribution < -0.4 is 10.6 Å². The maximum atomic E-state index is 6.94.